The van der Waals surface area contributed by atoms with Crippen LogP contribution in [-0.4, -0.2) is 16.8 Å². The number of hydrogen-bond acceptors (Lipinski definition) is 2. The highest BCUT2D eigenvalue weighted by atomic mass is 19.1. The minimum absolute atomic E-state index is 0.105. The predicted molar refractivity (Wildman–Crippen MR) is 49.7 cm³/mol. The third-order valence-corrected chi connectivity index (χ3v) is 2.15. The van der Waals surface area contributed by atoms with Gasteiger partial charge < -0.3 is 5.11 Å². The van der Waals surface area contributed by atoms with Crippen LogP contribution in [0.15, 0.2) is 40.3 Å². The third-order valence-electron chi connectivity index (χ3n) is 2.15. The van der Waals surface area contributed by atoms with Gasteiger partial charge in [0.25, 0.3) is 0 Å². The van der Waals surface area contributed by atoms with Gasteiger partial charge in [-0.25, -0.2) is 4.39 Å². The van der Waals surface area contributed by atoms with Gasteiger partial charge in [0.05, 0.1) is 12.1 Å². The summed E-state index contributed by atoms with van der Waals surface area (Å²) in [5, 5.41) is 8.60. The van der Waals surface area contributed by atoms with Gasteiger partial charge in [0.2, 0.25) is 0 Å². The molecule has 0 saturated carbocycles. The Bertz CT molecular complexity index is 416. The molecule has 0 aromatic heterocycles. The molecule has 72 valence electrons. The van der Waals surface area contributed by atoms with Crippen molar-refractivity contribution in [2.24, 2.45) is 4.99 Å². The molecule has 1 heterocycles. The highest BCUT2D eigenvalue weighted by Crippen LogP contribution is 2.29. The van der Waals surface area contributed by atoms with Crippen LogP contribution < -0.4 is 0 Å². The second-order valence-corrected chi connectivity index (χ2v) is 3.15. The lowest BCUT2D eigenvalue weighted by atomic mass is 9.95. The van der Waals surface area contributed by atoms with Crippen molar-refractivity contribution in [2.75, 3.05) is 0 Å². The average molecular weight is 193 g/mol. The second-order valence-electron chi connectivity index (χ2n) is 3.15. The van der Waals surface area contributed by atoms with Crippen molar-refractivity contribution >= 4 is 11.7 Å². The van der Waals surface area contributed by atoms with Crippen molar-refractivity contribution in [3.63, 3.8) is 0 Å². The summed E-state index contributed by atoms with van der Waals surface area (Å²) in [6.45, 7) is 0. The summed E-state index contributed by atoms with van der Waals surface area (Å²) in [4.78, 5) is 14.5. The zero-order chi connectivity index (χ0) is 10.1. The maximum absolute atomic E-state index is 12.9. The third kappa shape index (κ3) is 1.51. The van der Waals surface area contributed by atoms with Crippen molar-refractivity contribution in [1.82, 2.24) is 0 Å². The fourth-order valence-corrected chi connectivity index (χ4v) is 1.51. The average Bonchev–Trinajstić information content (AvgIpc) is 2.47. The van der Waals surface area contributed by atoms with E-state index in [0.29, 0.717) is 17.6 Å². The van der Waals surface area contributed by atoms with Crippen molar-refractivity contribution in [3.8, 4) is 0 Å². The highest BCUT2D eigenvalue weighted by molar-refractivity contribution is 6.09. The van der Waals surface area contributed by atoms with E-state index in [1.807, 2.05) is 0 Å². The van der Waals surface area contributed by atoms with Gasteiger partial charge in [0.1, 0.15) is 5.83 Å². The molecule has 3 nitrogen and oxygen atoms in total. The molecule has 0 amide bonds. The standard InChI is InChI=1S/C10H8FNO2/c11-7-1-2-9-8(4-7)6(5-12-9)3-10(13)14/h1,4-5H,2-3H2,(H,13,14). The first-order valence-corrected chi connectivity index (χ1v) is 4.22. The van der Waals surface area contributed by atoms with Gasteiger partial charge in [-0.05, 0) is 17.7 Å². The van der Waals surface area contributed by atoms with Crippen LogP contribution in [0.25, 0.3) is 0 Å². The lowest BCUT2D eigenvalue weighted by Gasteiger charge is -2.09. The summed E-state index contributed by atoms with van der Waals surface area (Å²) in [5.74, 6) is -1.25. The smallest absolute Gasteiger partial charge is 0.307 e. The topological polar surface area (TPSA) is 49.7 Å². The molecule has 1 aliphatic heterocycles. The van der Waals surface area contributed by atoms with Gasteiger partial charge in [-0.2, -0.15) is 0 Å². The first kappa shape index (κ1) is 8.87. The largest absolute Gasteiger partial charge is 0.481 e. The van der Waals surface area contributed by atoms with Crippen LogP contribution in [0.4, 0.5) is 4.39 Å². The molecule has 0 aromatic carbocycles. The van der Waals surface area contributed by atoms with Crippen LogP contribution in [0.5, 0.6) is 0 Å². The van der Waals surface area contributed by atoms with Crippen LogP contribution >= 0.6 is 0 Å². The van der Waals surface area contributed by atoms with Gasteiger partial charge in [-0.15, -0.1) is 0 Å². The molecule has 2 rings (SSSR count). The van der Waals surface area contributed by atoms with E-state index in [1.165, 1.54) is 18.4 Å². The maximum Gasteiger partial charge on any atom is 0.307 e. The van der Waals surface area contributed by atoms with Crippen LogP contribution in [0.2, 0.25) is 0 Å². The van der Waals surface area contributed by atoms with Crippen molar-refractivity contribution in [1.29, 1.82) is 0 Å². The number of hydrogen-bond donors (Lipinski definition) is 1. The number of fused-ring (bicyclic) bond motifs is 1. The van der Waals surface area contributed by atoms with Crippen molar-refractivity contribution < 1.29 is 14.3 Å². The number of carbonyl (C=O) groups is 1. The molecule has 2 aliphatic rings. The van der Waals surface area contributed by atoms with Crippen LogP contribution in [0.1, 0.15) is 12.8 Å². The Hall–Kier alpha value is -1.71. The van der Waals surface area contributed by atoms with E-state index in [2.05, 4.69) is 4.99 Å². The second kappa shape index (κ2) is 3.21. The molecule has 1 aliphatic carbocycles. The Balaban J connectivity index is 2.25. The Morgan fingerprint density at radius 1 is 1.64 bits per heavy atom. The van der Waals surface area contributed by atoms with E-state index in [-0.39, 0.29) is 12.2 Å². The minimum atomic E-state index is -0.927. The molecular weight excluding hydrogens is 185 g/mol. The number of carboxylic acid groups (broad SMARTS) is 1. The van der Waals surface area contributed by atoms with Gasteiger partial charge >= 0.3 is 5.97 Å². The summed E-state index contributed by atoms with van der Waals surface area (Å²) >= 11 is 0. The number of nitrogens with zero attached hydrogens (tertiary/aromatic N) is 1. The number of carboxylic acids is 1. The Morgan fingerprint density at radius 3 is 3.14 bits per heavy atom. The van der Waals surface area contributed by atoms with E-state index >= 15 is 0 Å². The van der Waals surface area contributed by atoms with Crippen LogP contribution in [0, 0.1) is 0 Å². The molecule has 14 heavy (non-hydrogen) atoms. The highest BCUT2D eigenvalue weighted by Gasteiger charge is 2.21. The molecule has 4 heteroatoms. The normalized spacial score (nSPS) is 19.2. The van der Waals surface area contributed by atoms with Crippen LogP contribution in [0.3, 0.4) is 0 Å². The summed E-state index contributed by atoms with van der Waals surface area (Å²) in [6.07, 6.45) is 4.61. The first-order valence-electron chi connectivity index (χ1n) is 4.22. The lowest BCUT2D eigenvalue weighted by Crippen LogP contribution is -2.06. The van der Waals surface area contributed by atoms with Gasteiger partial charge in [0, 0.05) is 18.2 Å². The number of aliphatic carboxylic acids is 1. The van der Waals surface area contributed by atoms with E-state index in [9.17, 15) is 9.18 Å². The summed E-state index contributed by atoms with van der Waals surface area (Å²) < 4.78 is 12.9. The Labute approximate surface area is 80.0 Å². The molecule has 0 aromatic rings. The first-order chi connectivity index (χ1) is 6.66. The summed E-state index contributed by atoms with van der Waals surface area (Å²) in [7, 11) is 0. The SMILES string of the molecule is O=C(O)CC1=CN=C2CC=C(F)C=C12. The number of allylic oxidation sites excluding steroid dienone is 4. The molecule has 0 fully saturated rings. The Morgan fingerprint density at radius 2 is 2.43 bits per heavy atom. The lowest BCUT2D eigenvalue weighted by molar-refractivity contribution is -0.136. The van der Waals surface area contributed by atoms with E-state index in [0.717, 1.165) is 5.71 Å². The fourth-order valence-electron chi connectivity index (χ4n) is 1.51. The monoisotopic (exact) mass is 193 g/mol. The zero-order valence-corrected chi connectivity index (χ0v) is 7.33. The molecule has 0 atom stereocenters. The van der Waals surface area contributed by atoms with E-state index < -0.39 is 5.97 Å². The van der Waals surface area contributed by atoms with Crippen molar-refractivity contribution in [2.45, 2.75) is 12.8 Å². The number of halogens is 1. The molecule has 1 N–H and O–H groups in total. The quantitative estimate of drug-likeness (QED) is 0.728. The van der Waals surface area contributed by atoms with Gasteiger partial charge in [-0.1, -0.05) is 0 Å². The van der Waals surface area contributed by atoms with E-state index in [1.54, 1.807) is 0 Å². The summed E-state index contributed by atoms with van der Waals surface area (Å²) in [5.41, 5.74) is 1.96. The molecule has 0 radical (unpaired) electrons. The van der Waals surface area contributed by atoms with Gasteiger partial charge in [-0.3, -0.25) is 9.79 Å². The Kier molecular flexibility index (Phi) is 2.04. The molecule has 0 saturated heterocycles. The molecular formula is C10H8FNO2. The molecule has 0 spiro atoms. The maximum atomic E-state index is 12.9. The van der Waals surface area contributed by atoms with Crippen LogP contribution in [-0.2, 0) is 4.79 Å². The summed E-state index contributed by atoms with van der Waals surface area (Å²) in [6, 6.07) is 0. The van der Waals surface area contributed by atoms with E-state index in [4.69, 9.17) is 5.11 Å². The zero-order valence-electron chi connectivity index (χ0n) is 7.33. The number of rotatable bonds is 2. The fraction of sp³-hybridized carbons (Fsp3) is 0.200. The molecule has 0 bridgehead atoms. The predicted octanol–water partition coefficient (Wildman–Crippen LogP) is 1.98. The van der Waals surface area contributed by atoms with Crippen molar-refractivity contribution in [3.05, 3.63) is 35.3 Å². The minimum Gasteiger partial charge on any atom is -0.481 e. The molecule has 0 unspecified atom stereocenters. The number of aliphatic imine (C=N–C) groups is 1. The van der Waals surface area contributed by atoms with Gasteiger partial charge in [0.15, 0.2) is 0 Å².